The molecule has 0 saturated carbocycles. The topological polar surface area (TPSA) is 50.4 Å². The lowest BCUT2D eigenvalue weighted by atomic mass is 10.1. The number of ether oxygens (including phenoxy) is 1. The van der Waals surface area contributed by atoms with Gasteiger partial charge in [-0.2, -0.15) is 0 Å². The van der Waals surface area contributed by atoms with E-state index in [9.17, 15) is 4.79 Å². The minimum atomic E-state index is -0.0762. The molecule has 0 spiro atoms. The van der Waals surface area contributed by atoms with Gasteiger partial charge in [-0.05, 0) is 23.3 Å². The van der Waals surface area contributed by atoms with Gasteiger partial charge in [-0.3, -0.25) is 10.1 Å². The highest BCUT2D eigenvalue weighted by atomic mass is 32.2. The normalized spacial score (nSPS) is 17.0. The average molecular weight is 328 g/mol. The summed E-state index contributed by atoms with van der Waals surface area (Å²) in [5.41, 5.74) is 2.17. The first-order chi connectivity index (χ1) is 11.3. The molecule has 1 aliphatic heterocycles. The van der Waals surface area contributed by atoms with Gasteiger partial charge in [0.2, 0.25) is 5.91 Å². The van der Waals surface area contributed by atoms with E-state index in [0.29, 0.717) is 13.2 Å². The molecule has 1 heterocycles. The molecule has 4 nitrogen and oxygen atoms in total. The van der Waals surface area contributed by atoms with Crippen LogP contribution in [0.3, 0.4) is 0 Å². The molecule has 2 N–H and O–H groups in total. The van der Waals surface area contributed by atoms with Crippen molar-refractivity contribution in [1.29, 1.82) is 0 Å². The van der Waals surface area contributed by atoms with Gasteiger partial charge in [-0.15, -0.1) is 11.8 Å². The summed E-state index contributed by atoms with van der Waals surface area (Å²) in [7, 11) is 0. The van der Waals surface area contributed by atoms with Crippen LogP contribution in [0.15, 0.2) is 54.6 Å². The molecular formula is C18H20N2O2S. The molecule has 1 amide bonds. The number of thioether (sulfide) groups is 1. The van der Waals surface area contributed by atoms with Crippen LogP contribution in [-0.4, -0.2) is 23.6 Å². The molecule has 2 aromatic rings. The molecule has 0 unspecified atom stereocenters. The highest BCUT2D eigenvalue weighted by molar-refractivity contribution is 7.99. The van der Waals surface area contributed by atoms with E-state index in [0.717, 1.165) is 28.5 Å². The monoisotopic (exact) mass is 328 g/mol. The summed E-state index contributed by atoms with van der Waals surface area (Å²) in [4.78, 5) is 12.1. The molecule has 5 heteroatoms. The molecule has 0 radical (unpaired) electrons. The fourth-order valence-electron chi connectivity index (χ4n) is 2.42. The van der Waals surface area contributed by atoms with E-state index in [2.05, 4.69) is 10.6 Å². The van der Waals surface area contributed by atoms with Crippen LogP contribution in [-0.2, 0) is 17.9 Å². The number of benzene rings is 2. The zero-order valence-electron chi connectivity index (χ0n) is 12.8. The minimum Gasteiger partial charge on any atom is -0.489 e. The highest BCUT2D eigenvalue weighted by Crippen LogP contribution is 2.15. The first-order valence-electron chi connectivity index (χ1n) is 7.66. The van der Waals surface area contributed by atoms with E-state index in [1.807, 2.05) is 54.6 Å². The van der Waals surface area contributed by atoms with Crippen molar-refractivity contribution in [2.45, 2.75) is 19.2 Å². The number of hydrogen-bond acceptors (Lipinski definition) is 4. The Kier molecular flexibility index (Phi) is 5.56. The third kappa shape index (κ3) is 4.50. The Labute approximate surface area is 140 Å². The Morgan fingerprint density at radius 2 is 1.87 bits per heavy atom. The van der Waals surface area contributed by atoms with Crippen molar-refractivity contribution >= 4 is 17.7 Å². The molecule has 0 bridgehead atoms. The van der Waals surface area contributed by atoms with Gasteiger partial charge in [0, 0.05) is 18.2 Å². The zero-order chi connectivity index (χ0) is 15.9. The maximum absolute atomic E-state index is 12.1. The van der Waals surface area contributed by atoms with E-state index in [1.165, 1.54) is 0 Å². The molecule has 1 atom stereocenters. The van der Waals surface area contributed by atoms with Gasteiger partial charge in [0.05, 0.1) is 6.04 Å². The Morgan fingerprint density at radius 3 is 2.61 bits per heavy atom. The van der Waals surface area contributed by atoms with Crippen LogP contribution < -0.4 is 15.4 Å². The number of amides is 1. The number of para-hydroxylation sites is 1. The fraction of sp³-hybridized carbons (Fsp3) is 0.278. The maximum Gasteiger partial charge on any atom is 0.238 e. The molecule has 1 aliphatic rings. The quantitative estimate of drug-likeness (QED) is 0.856. The van der Waals surface area contributed by atoms with Crippen molar-refractivity contribution in [3.8, 4) is 5.75 Å². The summed E-state index contributed by atoms with van der Waals surface area (Å²) < 4.78 is 5.81. The standard InChI is InChI=1S/C18H20N2O2S/c21-18(17-12-23-13-20-17)19-10-14-6-4-5-7-15(14)11-22-16-8-2-1-3-9-16/h1-9,17,20H,10-13H2,(H,19,21)/t17-/m0/s1. The van der Waals surface area contributed by atoms with E-state index in [-0.39, 0.29) is 11.9 Å². The van der Waals surface area contributed by atoms with Gasteiger partial charge in [-0.1, -0.05) is 42.5 Å². The Morgan fingerprint density at radius 1 is 1.13 bits per heavy atom. The summed E-state index contributed by atoms with van der Waals surface area (Å²) in [6.07, 6.45) is 0. The smallest absolute Gasteiger partial charge is 0.238 e. The van der Waals surface area contributed by atoms with Crippen molar-refractivity contribution < 1.29 is 9.53 Å². The number of carbonyl (C=O) groups is 1. The van der Waals surface area contributed by atoms with Crippen LogP contribution in [0.4, 0.5) is 0 Å². The van der Waals surface area contributed by atoms with Gasteiger partial charge >= 0.3 is 0 Å². The van der Waals surface area contributed by atoms with E-state index < -0.39 is 0 Å². The molecule has 0 aliphatic carbocycles. The second-order valence-corrected chi connectivity index (χ2v) is 6.39. The van der Waals surface area contributed by atoms with Gasteiger partial charge in [0.15, 0.2) is 0 Å². The predicted octanol–water partition coefficient (Wildman–Crippen LogP) is 2.54. The predicted molar refractivity (Wildman–Crippen MR) is 93.3 cm³/mol. The van der Waals surface area contributed by atoms with Gasteiger partial charge < -0.3 is 10.1 Å². The lowest BCUT2D eigenvalue weighted by Crippen LogP contribution is -2.41. The summed E-state index contributed by atoms with van der Waals surface area (Å²) in [6, 6.07) is 17.7. The number of carbonyl (C=O) groups excluding carboxylic acids is 1. The summed E-state index contributed by atoms with van der Waals surface area (Å²) in [6.45, 7) is 1.02. The van der Waals surface area contributed by atoms with Gasteiger partial charge in [0.1, 0.15) is 12.4 Å². The fourth-order valence-corrected chi connectivity index (χ4v) is 3.36. The van der Waals surface area contributed by atoms with Crippen LogP contribution in [0.1, 0.15) is 11.1 Å². The molecule has 3 rings (SSSR count). The van der Waals surface area contributed by atoms with Crippen LogP contribution >= 0.6 is 11.8 Å². The molecule has 2 aromatic carbocycles. The molecule has 1 saturated heterocycles. The minimum absolute atomic E-state index is 0.0637. The lowest BCUT2D eigenvalue weighted by Gasteiger charge is -2.14. The Bertz CT molecular complexity index is 642. The highest BCUT2D eigenvalue weighted by Gasteiger charge is 2.22. The van der Waals surface area contributed by atoms with E-state index in [1.54, 1.807) is 11.8 Å². The van der Waals surface area contributed by atoms with Crippen LogP contribution in [0.5, 0.6) is 5.75 Å². The molecule has 23 heavy (non-hydrogen) atoms. The van der Waals surface area contributed by atoms with Crippen molar-refractivity contribution in [2.24, 2.45) is 0 Å². The second-order valence-electron chi connectivity index (χ2n) is 5.36. The summed E-state index contributed by atoms with van der Waals surface area (Å²) >= 11 is 1.75. The number of nitrogens with one attached hydrogen (secondary N) is 2. The first-order valence-corrected chi connectivity index (χ1v) is 8.82. The molecule has 0 aromatic heterocycles. The SMILES string of the molecule is O=C(NCc1ccccc1COc1ccccc1)[C@@H]1CSCN1. The largest absolute Gasteiger partial charge is 0.489 e. The molecule has 1 fully saturated rings. The van der Waals surface area contributed by atoms with E-state index in [4.69, 9.17) is 4.74 Å². The van der Waals surface area contributed by atoms with Crippen LogP contribution in [0, 0.1) is 0 Å². The summed E-state index contributed by atoms with van der Waals surface area (Å²) in [5.74, 6) is 2.59. The summed E-state index contributed by atoms with van der Waals surface area (Å²) in [5, 5.41) is 6.19. The number of hydrogen-bond donors (Lipinski definition) is 2. The molecule has 120 valence electrons. The van der Waals surface area contributed by atoms with Crippen LogP contribution in [0.25, 0.3) is 0 Å². The second kappa shape index (κ2) is 8.04. The third-order valence-electron chi connectivity index (χ3n) is 3.74. The average Bonchev–Trinajstić information content (AvgIpc) is 3.14. The maximum atomic E-state index is 12.1. The van der Waals surface area contributed by atoms with Crippen molar-refractivity contribution in [2.75, 3.05) is 11.6 Å². The van der Waals surface area contributed by atoms with Crippen molar-refractivity contribution in [3.63, 3.8) is 0 Å². The van der Waals surface area contributed by atoms with Gasteiger partial charge in [0.25, 0.3) is 0 Å². The molecular weight excluding hydrogens is 308 g/mol. The van der Waals surface area contributed by atoms with Gasteiger partial charge in [-0.25, -0.2) is 0 Å². The third-order valence-corrected chi connectivity index (χ3v) is 4.68. The zero-order valence-corrected chi connectivity index (χ0v) is 13.6. The Hall–Kier alpha value is -1.98. The lowest BCUT2D eigenvalue weighted by molar-refractivity contribution is -0.122. The number of rotatable bonds is 6. The Balaban J connectivity index is 1.58. The van der Waals surface area contributed by atoms with Crippen LogP contribution in [0.2, 0.25) is 0 Å². The van der Waals surface area contributed by atoms with E-state index >= 15 is 0 Å². The van der Waals surface area contributed by atoms with Crippen molar-refractivity contribution in [3.05, 3.63) is 65.7 Å². The first kappa shape index (κ1) is 15.9. The van der Waals surface area contributed by atoms with Crippen molar-refractivity contribution in [1.82, 2.24) is 10.6 Å².